The van der Waals surface area contributed by atoms with Gasteiger partial charge in [0.15, 0.2) is 0 Å². The Morgan fingerprint density at radius 1 is 1.00 bits per heavy atom. The summed E-state index contributed by atoms with van der Waals surface area (Å²) in [5.41, 5.74) is 1.17. The highest BCUT2D eigenvalue weighted by Crippen LogP contribution is 2.26. The van der Waals surface area contributed by atoms with Crippen molar-refractivity contribution in [2.75, 3.05) is 19.8 Å². The molecule has 2 unspecified atom stereocenters. The fourth-order valence-corrected chi connectivity index (χ4v) is 2.45. The minimum atomic E-state index is 0.0626. The van der Waals surface area contributed by atoms with Crippen molar-refractivity contribution in [1.82, 2.24) is 0 Å². The van der Waals surface area contributed by atoms with Crippen LogP contribution in [0, 0.1) is 0 Å². The van der Waals surface area contributed by atoms with Crippen LogP contribution in [0.1, 0.15) is 57.6 Å². The zero-order valence-electron chi connectivity index (χ0n) is 13.3. The van der Waals surface area contributed by atoms with E-state index in [1.807, 2.05) is 12.1 Å². The molecule has 1 aromatic carbocycles. The fourth-order valence-electron chi connectivity index (χ4n) is 2.45. The molecule has 1 heterocycles. The first-order chi connectivity index (χ1) is 10.3. The third-order valence-corrected chi connectivity index (χ3v) is 3.86. The minimum Gasteiger partial charge on any atom is -0.494 e. The number of hydrogen-bond donors (Lipinski definition) is 0. The van der Waals surface area contributed by atoms with Crippen molar-refractivity contribution in [1.29, 1.82) is 0 Å². The lowest BCUT2D eigenvalue weighted by Crippen LogP contribution is -2.31. The molecule has 0 N–H and O–H groups in total. The minimum absolute atomic E-state index is 0.0626. The molecule has 2 rings (SSSR count). The highest BCUT2D eigenvalue weighted by Gasteiger charge is 2.23. The van der Waals surface area contributed by atoms with Crippen molar-refractivity contribution in [3.05, 3.63) is 29.8 Å². The molecule has 0 radical (unpaired) electrons. The van der Waals surface area contributed by atoms with Gasteiger partial charge in [-0.25, -0.2) is 0 Å². The molecule has 3 nitrogen and oxygen atoms in total. The molecule has 1 aliphatic rings. The molecular weight excluding hydrogens is 264 g/mol. The molecule has 1 aliphatic heterocycles. The van der Waals surface area contributed by atoms with Gasteiger partial charge >= 0.3 is 0 Å². The van der Waals surface area contributed by atoms with Gasteiger partial charge in [-0.2, -0.15) is 0 Å². The lowest BCUT2D eigenvalue weighted by molar-refractivity contribution is -0.137. The first-order valence-corrected chi connectivity index (χ1v) is 8.29. The Kier molecular flexibility index (Phi) is 7.04. The predicted molar refractivity (Wildman–Crippen MR) is 84.8 cm³/mol. The Balaban J connectivity index is 1.78. The SMILES string of the molecule is CCCCOc1ccc(C2COC(CCCC)CO2)cc1. The summed E-state index contributed by atoms with van der Waals surface area (Å²) in [6.45, 7) is 6.53. The van der Waals surface area contributed by atoms with Crippen molar-refractivity contribution in [3.63, 3.8) is 0 Å². The number of rotatable bonds is 8. The summed E-state index contributed by atoms with van der Waals surface area (Å²) in [6.07, 6.45) is 6.12. The molecule has 0 aliphatic carbocycles. The van der Waals surface area contributed by atoms with Crippen molar-refractivity contribution in [2.24, 2.45) is 0 Å². The number of benzene rings is 1. The van der Waals surface area contributed by atoms with E-state index in [9.17, 15) is 0 Å². The summed E-state index contributed by atoms with van der Waals surface area (Å²) >= 11 is 0. The maximum atomic E-state index is 5.95. The van der Waals surface area contributed by atoms with E-state index in [1.165, 1.54) is 18.4 Å². The number of hydrogen-bond acceptors (Lipinski definition) is 3. The van der Waals surface area contributed by atoms with Crippen molar-refractivity contribution < 1.29 is 14.2 Å². The topological polar surface area (TPSA) is 27.7 Å². The van der Waals surface area contributed by atoms with Crippen LogP contribution in [0.3, 0.4) is 0 Å². The van der Waals surface area contributed by atoms with Crippen molar-refractivity contribution in [2.45, 2.75) is 58.2 Å². The largest absolute Gasteiger partial charge is 0.494 e. The Morgan fingerprint density at radius 3 is 2.38 bits per heavy atom. The van der Waals surface area contributed by atoms with Gasteiger partial charge in [0.2, 0.25) is 0 Å². The highest BCUT2D eigenvalue weighted by molar-refractivity contribution is 5.28. The third-order valence-electron chi connectivity index (χ3n) is 3.86. The molecule has 0 bridgehead atoms. The van der Waals surface area contributed by atoms with E-state index in [0.717, 1.165) is 31.6 Å². The van der Waals surface area contributed by atoms with E-state index < -0.39 is 0 Å². The van der Waals surface area contributed by atoms with Crippen LogP contribution in [0.5, 0.6) is 5.75 Å². The van der Waals surface area contributed by atoms with Crippen LogP contribution in [0.2, 0.25) is 0 Å². The maximum Gasteiger partial charge on any atom is 0.119 e. The molecule has 0 aromatic heterocycles. The zero-order chi connectivity index (χ0) is 14.9. The second-order valence-corrected chi connectivity index (χ2v) is 5.69. The maximum absolute atomic E-state index is 5.95. The molecule has 1 fully saturated rings. The molecular formula is C18H28O3. The first kappa shape index (κ1) is 16.3. The number of ether oxygens (including phenoxy) is 3. The van der Waals surface area contributed by atoms with E-state index in [2.05, 4.69) is 26.0 Å². The lowest BCUT2D eigenvalue weighted by Gasteiger charge is -2.29. The smallest absolute Gasteiger partial charge is 0.119 e. The van der Waals surface area contributed by atoms with Crippen LogP contribution in [-0.4, -0.2) is 25.9 Å². The van der Waals surface area contributed by atoms with Crippen molar-refractivity contribution >= 4 is 0 Å². The molecule has 21 heavy (non-hydrogen) atoms. The summed E-state index contributed by atoms with van der Waals surface area (Å²) < 4.78 is 17.5. The molecule has 0 spiro atoms. The Bertz CT molecular complexity index is 380. The fraction of sp³-hybridized carbons (Fsp3) is 0.667. The van der Waals surface area contributed by atoms with E-state index in [4.69, 9.17) is 14.2 Å². The molecule has 0 saturated carbocycles. The molecule has 3 heteroatoms. The van der Waals surface area contributed by atoms with Gasteiger partial charge in [-0.3, -0.25) is 0 Å². The van der Waals surface area contributed by atoms with Gasteiger partial charge in [0.1, 0.15) is 11.9 Å². The second kappa shape index (κ2) is 9.06. The molecule has 1 aromatic rings. The Morgan fingerprint density at radius 2 is 1.76 bits per heavy atom. The van der Waals surface area contributed by atoms with Crippen molar-refractivity contribution in [3.8, 4) is 5.75 Å². The van der Waals surface area contributed by atoms with Gasteiger partial charge in [-0.1, -0.05) is 45.2 Å². The van der Waals surface area contributed by atoms with Crippen LogP contribution < -0.4 is 4.74 Å². The zero-order valence-corrected chi connectivity index (χ0v) is 13.3. The average Bonchev–Trinajstić information content (AvgIpc) is 2.54. The van der Waals surface area contributed by atoms with Crippen LogP contribution in [0.25, 0.3) is 0 Å². The summed E-state index contributed by atoms with van der Waals surface area (Å²) in [7, 11) is 0. The van der Waals surface area contributed by atoms with E-state index in [-0.39, 0.29) is 12.2 Å². The molecule has 0 amide bonds. The van der Waals surface area contributed by atoms with Gasteiger partial charge in [-0.15, -0.1) is 0 Å². The van der Waals surface area contributed by atoms with Gasteiger partial charge in [-0.05, 0) is 30.5 Å². The second-order valence-electron chi connectivity index (χ2n) is 5.69. The summed E-state index contributed by atoms with van der Waals surface area (Å²) in [6, 6.07) is 8.22. The van der Waals surface area contributed by atoms with Gasteiger partial charge in [0.05, 0.1) is 25.9 Å². The quantitative estimate of drug-likeness (QED) is 0.660. The lowest BCUT2D eigenvalue weighted by atomic mass is 10.1. The van der Waals surface area contributed by atoms with Crippen LogP contribution >= 0.6 is 0 Å². The molecule has 2 atom stereocenters. The first-order valence-electron chi connectivity index (χ1n) is 8.29. The normalized spacial score (nSPS) is 22.2. The molecule has 1 saturated heterocycles. The average molecular weight is 292 g/mol. The van der Waals surface area contributed by atoms with Gasteiger partial charge in [0, 0.05) is 0 Å². The predicted octanol–water partition coefficient (Wildman–Crippen LogP) is 4.51. The number of unbranched alkanes of at least 4 members (excludes halogenated alkanes) is 2. The van der Waals surface area contributed by atoms with E-state index in [0.29, 0.717) is 13.2 Å². The summed E-state index contributed by atoms with van der Waals surface area (Å²) in [4.78, 5) is 0. The molecule has 118 valence electrons. The summed E-state index contributed by atoms with van der Waals surface area (Å²) in [5.74, 6) is 0.935. The van der Waals surface area contributed by atoms with Crippen LogP contribution in [0.15, 0.2) is 24.3 Å². The van der Waals surface area contributed by atoms with Crippen LogP contribution in [0.4, 0.5) is 0 Å². The van der Waals surface area contributed by atoms with Gasteiger partial charge in [0.25, 0.3) is 0 Å². The van der Waals surface area contributed by atoms with Gasteiger partial charge < -0.3 is 14.2 Å². The highest BCUT2D eigenvalue weighted by atomic mass is 16.6. The monoisotopic (exact) mass is 292 g/mol. The Labute approximate surface area is 128 Å². The van der Waals surface area contributed by atoms with E-state index in [1.54, 1.807) is 0 Å². The Hall–Kier alpha value is -1.06. The van der Waals surface area contributed by atoms with Crippen LogP contribution in [-0.2, 0) is 9.47 Å². The van der Waals surface area contributed by atoms with E-state index >= 15 is 0 Å². The third kappa shape index (κ3) is 5.33. The standard InChI is InChI=1S/C18H28O3/c1-3-5-7-17-13-21-18(14-20-17)15-8-10-16(11-9-15)19-12-6-4-2/h8-11,17-18H,3-7,12-14H2,1-2H3. The summed E-state index contributed by atoms with van der Waals surface area (Å²) in [5, 5.41) is 0.